The minimum absolute atomic E-state index is 0.0622. The molecule has 0 heterocycles. The van der Waals surface area contributed by atoms with Crippen LogP contribution in [0.5, 0.6) is 5.75 Å². The molecule has 2 rings (SSSR count). The highest BCUT2D eigenvalue weighted by atomic mass is 16.5. The molecule has 0 aliphatic rings. The minimum atomic E-state index is -0.525. The molecule has 0 unspecified atom stereocenters. The van der Waals surface area contributed by atoms with E-state index in [1.807, 2.05) is 76.2 Å². The summed E-state index contributed by atoms with van der Waals surface area (Å²) in [6, 6.07) is 15.1. The third-order valence-corrected chi connectivity index (χ3v) is 5.35. The third-order valence-electron chi connectivity index (χ3n) is 5.35. The van der Waals surface area contributed by atoms with Gasteiger partial charge in [0.15, 0.2) is 0 Å². The van der Waals surface area contributed by atoms with Crippen LogP contribution < -0.4 is 10.1 Å². The lowest BCUT2D eigenvalue weighted by atomic mass is 10.1. The smallest absolute Gasteiger partial charge is 0.243 e. The molecule has 0 spiro atoms. The summed E-state index contributed by atoms with van der Waals surface area (Å²) in [5, 5.41) is 3.04. The van der Waals surface area contributed by atoms with Crippen molar-refractivity contribution in [3.63, 3.8) is 0 Å². The van der Waals surface area contributed by atoms with Gasteiger partial charge in [0.2, 0.25) is 11.8 Å². The zero-order chi connectivity index (χ0) is 22.1. The van der Waals surface area contributed by atoms with Crippen LogP contribution in [0.3, 0.4) is 0 Å². The van der Waals surface area contributed by atoms with Gasteiger partial charge in [0.1, 0.15) is 11.8 Å². The van der Waals surface area contributed by atoms with Gasteiger partial charge >= 0.3 is 0 Å². The van der Waals surface area contributed by atoms with E-state index in [0.29, 0.717) is 13.0 Å². The van der Waals surface area contributed by atoms with Crippen molar-refractivity contribution in [1.82, 2.24) is 10.2 Å². The molecule has 5 heteroatoms. The maximum Gasteiger partial charge on any atom is 0.243 e. The number of nitrogens with zero attached hydrogens (tertiary/aromatic N) is 1. The summed E-state index contributed by atoms with van der Waals surface area (Å²) in [7, 11) is 1.62. The highest BCUT2D eigenvalue weighted by Crippen LogP contribution is 2.18. The molecule has 0 saturated carbocycles. The molecule has 0 saturated heterocycles. The number of methoxy groups -OCH3 is 1. The molecule has 0 aliphatic carbocycles. The molecular weight excluding hydrogens is 376 g/mol. The molecule has 2 aromatic rings. The van der Waals surface area contributed by atoms with Gasteiger partial charge in [0.05, 0.1) is 13.5 Å². The largest absolute Gasteiger partial charge is 0.497 e. The van der Waals surface area contributed by atoms with Crippen LogP contribution in [0.4, 0.5) is 0 Å². The van der Waals surface area contributed by atoms with Crippen LogP contribution in [0, 0.1) is 6.92 Å². The van der Waals surface area contributed by atoms with E-state index in [2.05, 4.69) is 5.32 Å². The fourth-order valence-corrected chi connectivity index (χ4v) is 3.31. The Labute approximate surface area is 180 Å². The number of carbonyl (C=O) groups is 2. The Morgan fingerprint density at radius 1 is 1.03 bits per heavy atom. The maximum atomic E-state index is 13.3. The Hall–Kier alpha value is -2.82. The van der Waals surface area contributed by atoms with Crippen molar-refractivity contribution in [2.45, 2.75) is 65.6 Å². The number of hydrogen-bond acceptors (Lipinski definition) is 3. The van der Waals surface area contributed by atoms with Crippen LogP contribution in [0.1, 0.15) is 50.3 Å². The lowest BCUT2D eigenvalue weighted by molar-refractivity contribution is -0.141. The molecule has 30 heavy (non-hydrogen) atoms. The summed E-state index contributed by atoms with van der Waals surface area (Å²) in [5.41, 5.74) is 3.03. The van der Waals surface area contributed by atoms with E-state index < -0.39 is 6.04 Å². The highest BCUT2D eigenvalue weighted by Gasteiger charge is 2.29. The number of aryl methyl sites for hydroxylation is 1. The second-order valence-electron chi connectivity index (χ2n) is 7.78. The predicted molar refractivity (Wildman–Crippen MR) is 120 cm³/mol. The summed E-state index contributed by atoms with van der Waals surface area (Å²) >= 11 is 0. The summed E-state index contributed by atoms with van der Waals surface area (Å²) in [6.07, 6.45) is 1.65. The topological polar surface area (TPSA) is 58.6 Å². The summed E-state index contributed by atoms with van der Waals surface area (Å²) in [4.78, 5) is 28.0. The van der Waals surface area contributed by atoms with Gasteiger partial charge in [-0.3, -0.25) is 9.59 Å². The number of nitrogens with one attached hydrogen (secondary N) is 1. The Balaban J connectivity index is 2.30. The van der Waals surface area contributed by atoms with Crippen LogP contribution >= 0.6 is 0 Å². The number of hydrogen-bond donors (Lipinski definition) is 1. The third kappa shape index (κ3) is 6.61. The quantitative estimate of drug-likeness (QED) is 0.636. The molecule has 0 radical (unpaired) electrons. The number of amides is 2. The molecule has 1 N–H and O–H groups in total. The first kappa shape index (κ1) is 23.5. The van der Waals surface area contributed by atoms with E-state index in [1.54, 1.807) is 12.0 Å². The van der Waals surface area contributed by atoms with E-state index >= 15 is 0 Å². The lowest BCUT2D eigenvalue weighted by Crippen LogP contribution is -2.51. The van der Waals surface area contributed by atoms with Crippen LogP contribution in [0.15, 0.2) is 48.5 Å². The van der Waals surface area contributed by atoms with Crippen molar-refractivity contribution in [2.75, 3.05) is 7.11 Å². The first-order valence-electron chi connectivity index (χ1n) is 10.7. The maximum absolute atomic E-state index is 13.3. The van der Waals surface area contributed by atoms with Crippen LogP contribution in [0.25, 0.3) is 0 Å². The van der Waals surface area contributed by atoms with Gasteiger partial charge in [-0.15, -0.1) is 0 Å². The van der Waals surface area contributed by atoms with Gasteiger partial charge in [-0.1, -0.05) is 55.8 Å². The number of carbonyl (C=O) groups excluding carboxylic acids is 2. The Kier molecular flexibility index (Phi) is 8.90. The van der Waals surface area contributed by atoms with E-state index in [4.69, 9.17) is 4.74 Å². The van der Waals surface area contributed by atoms with Gasteiger partial charge in [-0.05, 0) is 49.9 Å². The van der Waals surface area contributed by atoms with E-state index in [1.165, 1.54) is 0 Å². The normalized spacial score (nSPS) is 12.7. The van der Waals surface area contributed by atoms with Gasteiger partial charge in [-0.2, -0.15) is 0 Å². The van der Waals surface area contributed by atoms with Gasteiger partial charge in [-0.25, -0.2) is 0 Å². The van der Waals surface area contributed by atoms with Gasteiger partial charge in [0.25, 0.3) is 0 Å². The molecule has 2 atom stereocenters. The predicted octanol–water partition coefficient (Wildman–Crippen LogP) is 4.27. The first-order valence-corrected chi connectivity index (χ1v) is 10.7. The van der Waals surface area contributed by atoms with E-state index in [9.17, 15) is 9.59 Å². The Morgan fingerprint density at radius 3 is 2.33 bits per heavy atom. The van der Waals surface area contributed by atoms with E-state index in [0.717, 1.165) is 28.9 Å². The summed E-state index contributed by atoms with van der Waals surface area (Å²) in [5.74, 6) is 0.565. The molecule has 2 amide bonds. The number of benzene rings is 2. The zero-order valence-corrected chi connectivity index (χ0v) is 18.8. The highest BCUT2D eigenvalue weighted by molar-refractivity contribution is 5.88. The second-order valence-corrected chi connectivity index (χ2v) is 7.78. The zero-order valence-electron chi connectivity index (χ0n) is 18.8. The molecule has 0 aliphatic heterocycles. The van der Waals surface area contributed by atoms with Gasteiger partial charge < -0.3 is 15.0 Å². The monoisotopic (exact) mass is 410 g/mol. The van der Waals surface area contributed by atoms with Crippen molar-refractivity contribution in [1.29, 1.82) is 0 Å². The molecule has 0 aromatic heterocycles. The van der Waals surface area contributed by atoms with Gasteiger partial charge in [0, 0.05) is 12.6 Å². The van der Waals surface area contributed by atoms with Crippen molar-refractivity contribution in [3.05, 3.63) is 65.2 Å². The minimum Gasteiger partial charge on any atom is -0.497 e. The SMILES string of the molecule is CC[C@H](C)NC(=O)[C@H](CC)N(Cc1cccc(OC)c1)C(=O)Cc1ccc(C)cc1. The molecule has 5 nitrogen and oxygen atoms in total. The Bertz CT molecular complexity index is 833. The van der Waals surface area contributed by atoms with Crippen molar-refractivity contribution in [2.24, 2.45) is 0 Å². The standard InChI is InChI=1S/C25H34N2O3/c1-6-19(4)26-25(29)23(7-2)27(17-21-9-8-10-22(15-21)30-5)24(28)16-20-13-11-18(3)12-14-20/h8-15,19,23H,6-7,16-17H2,1-5H3,(H,26,29)/t19-,23-/m0/s1. The molecule has 162 valence electrons. The molecule has 0 bridgehead atoms. The van der Waals surface area contributed by atoms with Crippen LogP contribution in [-0.4, -0.2) is 35.9 Å². The van der Waals surface area contributed by atoms with E-state index in [-0.39, 0.29) is 24.3 Å². The van der Waals surface area contributed by atoms with Crippen molar-refractivity contribution in [3.8, 4) is 5.75 Å². The summed E-state index contributed by atoms with van der Waals surface area (Å²) < 4.78 is 5.32. The van der Waals surface area contributed by atoms with Crippen molar-refractivity contribution < 1.29 is 14.3 Å². The van der Waals surface area contributed by atoms with Crippen molar-refractivity contribution >= 4 is 11.8 Å². The number of rotatable bonds is 10. The van der Waals surface area contributed by atoms with Crippen LogP contribution in [0.2, 0.25) is 0 Å². The second kappa shape index (κ2) is 11.4. The number of ether oxygens (including phenoxy) is 1. The van der Waals surface area contributed by atoms with Crippen LogP contribution in [-0.2, 0) is 22.6 Å². The molecular formula is C25H34N2O3. The summed E-state index contributed by atoms with van der Waals surface area (Å²) in [6.45, 7) is 8.33. The fraction of sp³-hybridized carbons (Fsp3) is 0.440. The Morgan fingerprint density at radius 2 is 1.73 bits per heavy atom. The average Bonchev–Trinajstić information content (AvgIpc) is 2.75. The lowest BCUT2D eigenvalue weighted by Gasteiger charge is -2.31. The first-order chi connectivity index (χ1) is 14.4. The molecule has 0 fully saturated rings. The molecule has 2 aromatic carbocycles. The fourth-order valence-electron chi connectivity index (χ4n) is 3.31. The average molecular weight is 411 g/mol.